The van der Waals surface area contributed by atoms with E-state index in [4.69, 9.17) is 46.7 Å². The second-order valence-electron chi connectivity index (χ2n) is 18.2. The average molecular weight is 1090 g/mol. The summed E-state index contributed by atoms with van der Waals surface area (Å²) in [4.78, 5) is 55.2. The van der Waals surface area contributed by atoms with Gasteiger partial charge < -0.3 is 108 Å². The maximum atomic E-state index is 14.4. The number of carbonyl (C=O) groups is 2. The molecule has 26 heteroatoms. The first kappa shape index (κ1) is 56.8. The van der Waals surface area contributed by atoms with Crippen LogP contribution in [0, 0.1) is 0 Å². The van der Waals surface area contributed by atoms with Gasteiger partial charge in [-0.2, -0.15) is 0 Å². The molecule has 0 saturated carbocycles. The molecular formula is C52H54O26. The van der Waals surface area contributed by atoms with Crippen molar-refractivity contribution < 1.29 is 118 Å². The summed E-state index contributed by atoms with van der Waals surface area (Å²) in [6.07, 6.45) is -21.5. The average Bonchev–Trinajstić information content (AvgIpc) is 3.63. The van der Waals surface area contributed by atoms with E-state index in [0.717, 1.165) is 32.4 Å². The predicted octanol–water partition coefficient (Wildman–Crippen LogP) is -0.725. The third-order valence-corrected chi connectivity index (χ3v) is 13.3. The van der Waals surface area contributed by atoms with Crippen LogP contribution in [0.5, 0.6) is 34.5 Å². The standard InChI is InChI=1S/C52H54O26/c1-69-24-12-26(55)40-27(56)14-36(73-37(40)13-24)22-7-10-34(70-2)25(11-22)39-38(76-52(50(68)72-4)18-31(60)43(64)48(78-52)45(66)33(62)20-54)16-29(58)41-28(57)15-35(74-46(39)41)21-5-8-23(9-6-21)75-51(49(67)71-3)17-30(59)42(63)47(77-51)44(65)32(61)19-53/h5-16,30-33,42-45,47-48,53-55,58-66H,17-20H2,1-4H3/t30-,31-,32+,33+,42+,43+,44+,45+,47+,48+,51+,52+/m0/s1. The number of aliphatic hydroxyl groups excluding tert-OH is 10. The number of rotatable bonds is 17. The lowest BCUT2D eigenvalue weighted by Crippen LogP contribution is -2.65. The second kappa shape index (κ2) is 22.5. The summed E-state index contributed by atoms with van der Waals surface area (Å²) < 4.78 is 57.5. The number of esters is 2. The quantitative estimate of drug-likeness (QED) is 0.0501. The molecule has 12 atom stereocenters. The first-order valence-corrected chi connectivity index (χ1v) is 23.6. The van der Waals surface area contributed by atoms with Crippen LogP contribution in [0.4, 0.5) is 0 Å². The largest absolute Gasteiger partial charge is 0.507 e. The SMILES string of the molecule is COC(=O)[C@@]1(Oc2ccc(-c3cc(=O)c4c(O)cc(O[C@]5(C(=O)OC)C[C@H](O)[C@@H](O)[C@H]([C@H](O)[C@H](O)CO)O5)c(-c5cc(-c6cc(=O)c7c(O)cc(OC)cc7o6)ccc5OC)c4o3)cc2)C[C@H](O)[C@@H](O)[C@H]([C@H](O)[C@H](O)CO)O1. The van der Waals surface area contributed by atoms with Gasteiger partial charge in [0.05, 0.1) is 72.3 Å². The summed E-state index contributed by atoms with van der Waals surface area (Å²) in [5.41, 5.74) is -2.42. The lowest BCUT2D eigenvalue weighted by Gasteiger charge is -2.45. The molecule has 8 rings (SSSR count). The van der Waals surface area contributed by atoms with Gasteiger partial charge in [-0.25, -0.2) is 9.59 Å². The number of phenols is 2. The van der Waals surface area contributed by atoms with Crippen LogP contribution in [-0.2, 0) is 28.5 Å². The molecule has 0 radical (unpaired) electrons. The Morgan fingerprint density at radius 1 is 0.603 bits per heavy atom. The van der Waals surface area contributed by atoms with Crippen molar-refractivity contribution in [3.05, 3.63) is 93.2 Å². The van der Waals surface area contributed by atoms with E-state index in [0.29, 0.717) is 0 Å². The smallest absolute Gasteiger partial charge is 0.379 e. The molecule has 0 amide bonds. The fourth-order valence-electron chi connectivity index (χ4n) is 9.28. The van der Waals surface area contributed by atoms with Gasteiger partial charge >= 0.3 is 23.5 Å². The van der Waals surface area contributed by atoms with Crippen molar-refractivity contribution in [2.75, 3.05) is 41.7 Å². The topological polar surface area (TPSA) is 411 Å². The molecule has 2 aliphatic heterocycles. The van der Waals surface area contributed by atoms with E-state index in [2.05, 4.69) is 0 Å². The summed E-state index contributed by atoms with van der Waals surface area (Å²) in [5.74, 6) is -10.5. The van der Waals surface area contributed by atoms with Crippen LogP contribution in [0.25, 0.3) is 55.7 Å². The second-order valence-corrected chi connectivity index (χ2v) is 18.2. The molecule has 0 aliphatic carbocycles. The first-order valence-electron chi connectivity index (χ1n) is 23.6. The zero-order valence-corrected chi connectivity index (χ0v) is 41.6. The van der Waals surface area contributed by atoms with Gasteiger partial charge in [-0.15, -0.1) is 0 Å². The Hall–Kier alpha value is -7.44. The van der Waals surface area contributed by atoms with E-state index in [1.165, 1.54) is 68.8 Å². The molecule has 0 unspecified atom stereocenters. The van der Waals surface area contributed by atoms with Crippen molar-refractivity contribution >= 4 is 33.9 Å². The minimum Gasteiger partial charge on any atom is -0.507 e. The molecule has 6 aromatic rings. The number of carbonyl (C=O) groups excluding carboxylic acids is 2. The Bertz CT molecular complexity index is 3320. The van der Waals surface area contributed by atoms with Gasteiger partial charge in [0, 0.05) is 47.0 Å². The molecule has 2 aliphatic rings. The van der Waals surface area contributed by atoms with Crippen molar-refractivity contribution in [2.24, 2.45) is 0 Å². The van der Waals surface area contributed by atoms with E-state index in [1.54, 1.807) is 0 Å². The highest BCUT2D eigenvalue weighted by Crippen LogP contribution is 2.49. The number of benzene rings is 4. The summed E-state index contributed by atoms with van der Waals surface area (Å²) in [5, 5.41) is 127. The zero-order chi connectivity index (χ0) is 56.7. The number of aromatic hydroxyl groups is 2. The molecule has 418 valence electrons. The number of methoxy groups -OCH3 is 4. The van der Waals surface area contributed by atoms with Crippen molar-refractivity contribution in [1.29, 1.82) is 0 Å². The third-order valence-electron chi connectivity index (χ3n) is 13.3. The Labute approximate surface area is 439 Å². The summed E-state index contributed by atoms with van der Waals surface area (Å²) >= 11 is 0. The normalized spacial score (nSPS) is 24.9. The fraction of sp³-hybridized carbons (Fsp3) is 0.385. The number of ether oxygens (including phenoxy) is 8. The van der Waals surface area contributed by atoms with Crippen LogP contribution in [0.1, 0.15) is 12.8 Å². The molecule has 4 heterocycles. The van der Waals surface area contributed by atoms with Crippen molar-refractivity contribution in [3.63, 3.8) is 0 Å². The molecular weight excluding hydrogens is 1040 g/mol. The molecule has 0 bridgehead atoms. The minimum atomic E-state index is -2.90. The van der Waals surface area contributed by atoms with Crippen LogP contribution >= 0.6 is 0 Å². The van der Waals surface area contributed by atoms with Crippen LogP contribution in [-0.4, -0.2) is 187 Å². The van der Waals surface area contributed by atoms with Crippen molar-refractivity contribution in [1.82, 2.24) is 0 Å². The Morgan fingerprint density at radius 2 is 1.12 bits per heavy atom. The van der Waals surface area contributed by atoms with E-state index in [9.17, 15) is 80.5 Å². The predicted molar refractivity (Wildman–Crippen MR) is 263 cm³/mol. The highest BCUT2D eigenvalue weighted by molar-refractivity contribution is 6.02. The van der Waals surface area contributed by atoms with Gasteiger partial charge in [0.2, 0.25) is 0 Å². The molecule has 2 fully saturated rings. The summed E-state index contributed by atoms with van der Waals surface area (Å²) in [7, 11) is 4.44. The highest BCUT2D eigenvalue weighted by atomic mass is 16.8. The van der Waals surface area contributed by atoms with Gasteiger partial charge in [-0.05, 0) is 42.5 Å². The fourth-order valence-corrected chi connectivity index (χ4v) is 9.28. The van der Waals surface area contributed by atoms with Gasteiger partial charge in [0.25, 0.3) is 0 Å². The van der Waals surface area contributed by atoms with Crippen molar-refractivity contribution in [3.8, 4) is 68.3 Å². The van der Waals surface area contributed by atoms with Gasteiger partial charge in [-0.1, -0.05) is 0 Å². The molecule has 4 aromatic carbocycles. The molecule has 12 N–H and O–H groups in total. The van der Waals surface area contributed by atoms with Crippen LogP contribution < -0.4 is 29.8 Å². The minimum absolute atomic E-state index is 0.0400. The monoisotopic (exact) mass is 1090 g/mol. The summed E-state index contributed by atoms with van der Waals surface area (Å²) in [6.45, 7) is -2.06. The Balaban J connectivity index is 1.33. The number of fused-ring (bicyclic) bond motifs is 2. The Kier molecular flexibility index (Phi) is 16.4. The van der Waals surface area contributed by atoms with Crippen LogP contribution in [0.2, 0.25) is 0 Å². The number of hydrogen-bond acceptors (Lipinski definition) is 26. The van der Waals surface area contributed by atoms with E-state index in [1.807, 2.05) is 0 Å². The number of aliphatic hydroxyl groups is 10. The highest BCUT2D eigenvalue weighted by Gasteiger charge is 2.58. The van der Waals surface area contributed by atoms with Crippen LogP contribution in [0.3, 0.4) is 0 Å². The lowest BCUT2D eigenvalue weighted by molar-refractivity contribution is -0.304. The molecule has 2 aromatic heterocycles. The van der Waals surface area contributed by atoms with E-state index >= 15 is 0 Å². The Morgan fingerprint density at radius 3 is 1.64 bits per heavy atom. The maximum absolute atomic E-state index is 14.4. The van der Waals surface area contributed by atoms with Gasteiger partial charge in [-0.3, -0.25) is 9.59 Å². The zero-order valence-electron chi connectivity index (χ0n) is 41.6. The molecule has 26 nitrogen and oxygen atoms in total. The van der Waals surface area contributed by atoms with E-state index in [-0.39, 0.29) is 62.0 Å². The van der Waals surface area contributed by atoms with Gasteiger partial charge in [0.15, 0.2) is 16.4 Å². The number of hydrogen-bond donors (Lipinski definition) is 12. The number of phenolic OH excluding ortho intramolecular Hbond substituents is 2. The third kappa shape index (κ3) is 10.4. The maximum Gasteiger partial charge on any atom is 0.379 e. The first-order chi connectivity index (χ1) is 37.1. The molecule has 2 saturated heterocycles. The van der Waals surface area contributed by atoms with Gasteiger partial charge in [0.1, 0.15) is 111 Å². The molecule has 0 spiro atoms. The van der Waals surface area contributed by atoms with Crippen molar-refractivity contribution in [2.45, 2.75) is 85.5 Å². The summed E-state index contributed by atoms with van der Waals surface area (Å²) in [6, 6.07) is 14.8. The van der Waals surface area contributed by atoms with Crippen LogP contribution in [0.15, 0.2) is 91.2 Å². The molecule has 78 heavy (non-hydrogen) atoms. The lowest BCUT2D eigenvalue weighted by atomic mass is 9.90. The van der Waals surface area contributed by atoms with E-state index < -0.39 is 150 Å².